The maximum atomic E-state index is 14.6. The number of aliphatic hydroxyl groups excluding tert-OH is 2. The molecule has 4 aromatic rings. The van der Waals surface area contributed by atoms with E-state index in [1.807, 2.05) is 121 Å². The molecular weight excluding hydrogens is 520 g/mol. The van der Waals surface area contributed by atoms with E-state index in [4.69, 9.17) is 9.47 Å². The minimum Gasteiger partial charge on any atom is -0.388 e. The van der Waals surface area contributed by atoms with Crippen molar-refractivity contribution in [3.63, 3.8) is 0 Å². The summed E-state index contributed by atoms with van der Waals surface area (Å²) in [4.78, 5) is 0. The third-order valence-corrected chi connectivity index (χ3v) is 9.55. The third-order valence-electron chi connectivity index (χ3n) is 7.48. The van der Waals surface area contributed by atoms with Crippen LogP contribution in [0.1, 0.15) is 22.3 Å². The van der Waals surface area contributed by atoms with E-state index in [2.05, 4.69) is 0 Å². The Morgan fingerprint density at radius 2 is 0.800 bits per heavy atom. The van der Waals surface area contributed by atoms with Gasteiger partial charge in [0.25, 0.3) is 0 Å². The lowest BCUT2D eigenvalue weighted by Gasteiger charge is -2.31. The first-order chi connectivity index (χ1) is 19.6. The molecule has 0 aliphatic carbocycles. The normalized spacial score (nSPS) is 26.7. The van der Waals surface area contributed by atoms with Gasteiger partial charge in [0, 0.05) is 10.8 Å². The van der Waals surface area contributed by atoms with Crippen molar-refractivity contribution in [2.75, 3.05) is 0 Å². The molecule has 208 valence electrons. The number of aliphatic hydroxyl groups is 2. The molecule has 0 aromatic heterocycles. The average Bonchev–Trinajstić information content (AvgIpc) is 3.07. The van der Waals surface area contributed by atoms with E-state index in [1.54, 1.807) is 0 Å². The number of hydrogen-bond donors (Lipinski definition) is 2. The lowest BCUT2D eigenvalue weighted by Crippen LogP contribution is -2.49. The maximum absolute atomic E-state index is 14.6. The summed E-state index contributed by atoms with van der Waals surface area (Å²) in [6.45, 7) is 0.466. The summed E-state index contributed by atoms with van der Waals surface area (Å²) >= 11 is 0. The number of ether oxygens (including phenoxy) is 2. The Labute approximate surface area is 238 Å². The average molecular weight is 557 g/mol. The molecule has 0 saturated carbocycles. The highest BCUT2D eigenvalue weighted by Gasteiger charge is 2.50. The Balaban J connectivity index is 1.50. The Morgan fingerprint density at radius 1 is 0.500 bits per heavy atom. The first-order valence-corrected chi connectivity index (χ1v) is 15.0. The van der Waals surface area contributed by atoms with Gasteiger partial charge in [-0.05, 0) is 35.1 Å². The van der Waals surface area contributed by atoms with Gasteiger partial charge < -0.3 is 19.7 Å². The summed E-state index contributed by atoms with van der Waals surface area (Å²) in [7, 11) is -1.52. The Hall–Kier alpha value is -3.13. The summed E-state index contributed by atoms with van der Waals surface area (Å²) in [5.41, 5.74) is 3.88. The highest BCUT2D eigenvalue weighted by Crippen LogP contribution is 2.32. The van der Waals surface area contributed by atoms with E-state index in [9.17, 15) is 14.4 Å². The lowest BCUT2D eigenvalue weighted by molar-refractivity contribution is -0.139. The van der Waals surface area contributed by atoms with E-state index in [1.165, 1.54) is 0 Å². The summed E-state index contributed by atoms with van der Waals surface area (Å²) in [6, 6.07) is 39.1. The van der Waals surface area contributed by atoms with Gasteiger partial charge in [-0.25, -0.2) is 0 Å². The predicted molar refractivity (Wildman–Crippen MR) is 158 cm³/mol. The molecule has 0 amide bonds. The van der Waals surface area contributed by atoms with Gasteiger partial charge in [0.1, 0.15) is 24.4 Å². The van der Waals surface area contributed by atoms with Gasteiger partial charge in [0.05, 0.1) is 23.7 Å². The molecule has 1 heterocycles. The zero-order chi connectivity index (χ0) is 27.7. The van der Waals surface area contributed by atoms with Gasteiger partial charge in [-0.15, -0.1) is 0 Å². The van der Waals surface area contributed by atoms with E-state index >= 15 is 0 Å². The van der Waals surface area contributed by atoms with Crippen molar-refractivity contribution in [3.05, 3.63) is 144 Å². The summed E-state index contributed by atoms with van der Waals surface area (Å²) in [6.07, 6.45) is -3.42. The molecule has 5 nitrogen and oxygen atoms in total. The molecular formula is C34H36O5S. The fourth-order valence-corrected chi connectivity index (χ4v) is 7.52. The SMILES string of the molecule is O=S1C(Cc2ccccc2)C(OCc2ccccc2)C(O)C(O)C(OCc2ccccc2)C1Cc1ccccc1. The van der Waals surface area contributed by atoms with Crippen LogP contribution in [-0.4, -0.2) is 49.3 Å². The van der Waals surface area contributed by atoms with Gasteiger partial charge in [0.15, 0.2) is 0 Å². The van der Waals surface area contributed by atoms with Gasteiger partial charge in [-0.3, -0.25) is 4.21 Å². The predicted octanol–water partition coefficient (Wildman–Crippen LogP) is 4.86. The molecule has 6 unspecified atom stereocenters. The van der Waals surface area contributed by atoms with Crippen LogP contribution in [0, 0.1) is 0 Å². The fraction of sp³-hybridized carbons (Fsp3) is 0.294. The Morgan fingerprint density at radius 3 is 1.12 bits per heavy atom. The zero-order valence-corrected chi connectivity index (χ0v) is 23.2. The van der Waals surface area contributed by atoms with Crippen LogP contribution in [-0.2, 0) is 46.3 Å². The van der Waals surface area contributed by atoms with Crippen LogP contribution in [0.25, 0.3) is 0 Å². The molecule has 1 aliphatic rings. The second-order valence-corrected chi connectivity index (χ2v) is 12.2. The summed E-state index contributed by atoms with van der Waals surface area (Å²) in [5, 5.41) is 22.1. The van der Waals surface area contributed by atoms with Crippen molar-refractivity contribution in [2.45, 2.75) is 61.0 Å². The van der Waals surface area contributed by atoms with E-state index in [0.29, 0.717) is 12.8 Å². The minimum absolute atomic E-state index is 0.233. The van der Waals surface area contributed by atoms with Crippen molar-refractivity contribution in [3.8, 4) is 0 Å². The molecule has 1 aliphatic heterocycles. The first-order valence-electron chi connectivity index (χ1n) is 13.7. The standard InChI is InChI=1S/C34H36O5S/c35-31-32(36)34(39-24-28-19-11-4-12-20-28)30(22-26-15-7-2-8-16-26)40(37)29(21-25-13-5-1-6-14-25)33(31)38-23-27-17-9-3-10-18-27/h1-20,29-36H,21-24H2. The highest BCUT2D eigenvalue weighted by molar-refractivity contribution is 7.86. The molecule has 6 heteroatoms. The zero-order valence-electron chi connectivity index (χ0n) is 22.4. The number of hydrogen-bond acceptors (Lipinski definition) is 5. The monoisotopic (exact) mass is 556 g/mol. The highest BCUT2D eigenvalue weighted by atomic mass is 32.2. The van der Waals surface area contributed by atoms with Crippen molar-refractivity contribution in [1.82, 2.24) is 0 Å². The Kier molecular flexibility index (Phi) is 9.92. The molecule has 0 spiro atoms. The van der Waals surface area contributed by atoms with Crippen LogP contribution in [0.5, 0.6) is 0 Å². The van der Waals surface area contributed by atoms with Gasteiger partial charge in [0.2, 0.25) is 0 Å². The van der Waals surface area contributed by atoms with E-state index in [-0.39, 0.29) is 13.2 Å². The van der Waals surface area contributed by atoms with Crippen molar-refractivity contribution in [1.29, 1.82) is 0 Å². The molecule has 1 saturated heterocycles. The van der Waals surface area contributed by atoms with Gasteiger partial charge in [-0.2, -0.15) is 0 Å². The van der Waals surface area contributed by atoms with Crippen molar-refractivity contribution >= 4 is 10.8 Å². The van der Waals surface area contributed by atoms with Crippen molar-refractivity contribution < 1.29 is 23.9 Å². The van der Waals surface area contributed by atoms with Gasteiger partial charge >= 0.3 is 0 Å². The minimum atomic E-state index is -1.52. The molecule has 1 fully saturated rings. The van der Waals surface area contributed by atoms with Crippen LogP contribution in [0.4, 0.5) is 0 Å². The molecule has 5 rings (SSSR count). The summed E-state index contributed by atoms with van der Waals surface area (Å²) < 4.78 is 27.3. The molecule has 6 atom stereocenters. The quantitative estimate of drug-likeness (QED) is 0.292. The summed E-state index contributed by atoms with van der Waals surface area (Å²) in [5.74, 6) is 0. The molecule has 0 bridgehead atoms. The number of benzene rings is 4. The van der Waals surface area contributed by atoms with Crippen LogP contribution in [0.3, 0.4) is 0 Å². The van der Waals surface area contributed by atoms with Crippen molar-refractivity contribution in [2.24, 2.45) is 0 Å². The molecule has 0 radical (unpaired) electrons. The van der Waals surface area contributed by atoms with Crippen LogP contribution >= 0.6 is 0 Å². The number of rotatable bonds is 10. The maximum Gasteiger partial charge on any atom is 0.110 e. The van der Waals surface area contributed by atoms with E-state index in [0.717, 1.165) is 22.3 Å². The topological polar surface area (TPSA) is 76.0 Å². The largest absolute Gasteiger partial charge is 0.388 e. The van der Waals surface area contributed by atoms with E-state index < -0.39 is 45.7 Å². The van der Waals surface area contributed by atoms with Gasteiger partial charge in [-0.1, -0.05) is 121 Å². The second-order valence-electron chi connectivity index (χ2n) is 10.3. The first kappa shape index (κ1) is 28.4. The Bertz CT molecular complexity index is 1220. The molecule has 4 aromatic carbocycles. The van der Waals surface area contributed by atoms with Crippen LogP contribution in [0.2, 0.25) is 0 Å². The fourth-order valence-electron chi connectivity index (χ4n) is 5.35. The third kappa shape index (κ3) is 7.14. The smallest absolute Gasteiger partial charge is 0.110 e. The lowest BCUT2D eigenvalue weighted by atomic mass is 9.94. The molecule has 2 N–H and O–H groups in total. The second kappa shape index (κ2) is 14.0. The van der Waals surface area contributed by atoms with Crippen LogP contribution < -0.4 is 0 Å². The van der Waals surface area contributed by atoms with Crippen LogP contribution in [0.15, 0.2) is 121 Å². The molecule has 40 heavy (non-hydrogen) atoms.